The Labute approximate surface area is 184 Å². The minimum atomic E-state index is -0.0928. The van der Waals surface area contributed by atoms with Gasteiger partial charge >= 0.3 is 0 Å². The standard InChI is InChI=1S/C24H32N4O3/c1-19(29)28-12-6-11-26(17-20-7-5-9-22(15-20)31-2)13-14-27(24(30)16-25)18-21-8-3-4-10-23(21)28/h3-5,7-10,15H,6,11-14,16-18,25H2,1-2H3. The second-order valence-electron chi connectivity index (χ2n) is 7.80. The van der Waals surface area contributed by atoms with E-state index in [-0.39, 0.29) is 18.4 Å². The number of benzene rings is 2. The number of nitrogens with two attached hydrogens (primary N) is 1. The van der Waals surface area contributed by atoms with E-state index in [4.69, 9.17) is 10.5 Å². The number of carbonyl (C=O) groups is 2. The van der Waals surface area contributed by atoms with Gasteiger partial charge in [0.05, 0.1) is 13.7 Å². The molecule has 1 heterocycles. The average molecular weight is 425 g/mol. The number of para-hydroxylation sites is 1. The highest BCUT2D eigenvalue weighted by Crippen LogP contribution is 2.24. The molecule has 2 N–H and O–H groups in total. The van der Waals surface area contributed by atoms with Crippen LogP contribution in [0.4, 0.5) is 5.69 Å². The Kier molecular flexibility index (Phi) is 8.03. The van der Waals surface area contributed by atoms with E-state index in [1.807, 2.05) is 47.4 Å². The molecule has 0 spiro atoms. The maximum Gasteiger partial charge on any atom is 0.236 e. The molecular formula is C24H32N4O3. The van der Waals surface area contributed by atoms with Crippen molar-refractivity contribution in [3.63, 3.8) is 0 Å². The summed E-state index contributed by atoms with van der Waals surface area (Å²) in [6, 6.07) is 15.8. The molecule has 2 aromatic carbocycles. The lowest BCUT2D eigenvalue weighted by Gasteiger charge is -2.28. The smallest absolute Gasteiger partial charge is 0.236 e. The lowest BCUT2D eigenvalue weighted by molar-refractivity contribution is -0.130. The first-order valence-corrected chi connectivity index (χ1v) is 10.7. The van der Waals surface area contributed by atoms with Gasteiger partial charge in [0.1, 0.15) is 5.75 Å². The van der Waals surface area contributed by atoms with E-state index < -0.39 is 0 Å². The number of nitrogens with zero attached hydrogens (tertiary/aromatic N) is 3. The largest absolute Gasteiger partial charge is 0.497 e. The first kappa shape index (κ1) is 22.8. The highest BCUT2D eigenvalue weighted by Gasteiger charge is 2.21. The molecule has 0 aliphatic carbocycles. The number of amides is 2. The van der Waals surface area contributed by atoms with Crippen molar-refractivity contribution < 1.29 is 14.3 Å². The molecule has 2 aromatic rings. The van der Waals surface area contributed by atoms with Crippen LogP contribution in [0.25, 0.3) is 0 Å². The van der Waals surface area contributed by atoms with Crippen LogP contribution in [0.2, 0.25) is 0 Å². The van der Waals surface area contributed by atoms with Gasteiger partial charge in [0.25, 0.3) is 0 Å². The number of fused-ring (bicyclic) bond motifs is 1. The van der Waals surface area contributed by atoms with Gasteiger partial charge < -0.3 is 20.3 Å². The van der Waals surface area contributed by atoms with Crippen LogP contribution in [0.1, 0.15) is 24.5 Å². The van der Waals surface area contributed by atoms with Crippen molar-refractivity contribution in [1.82, 2.24) is 9.80 Å². The van der Waals surface area contributed by atoms with E-state index in [0.717, 1.165) is 48.6 Å². The number of hydrogen-bond donors (Lipinski definition) is 1. The highest BCUT2D eigenvalue weighted by atomic mass is 16.5. The quantitative estimate of drug-likeness (QED) is 0.814. The average Bonchev–Trinajstić information content (AvgIpc) is 2.81. The third kappa shape index (κ3) is 6.06. The van der Waals surface area contributed by atoms with E-state index in [1.54, 1.807) is 18.9 Å². The Morgan fingerprint density at radius 3 is 2.58 bits per heavy atom. The summed E-state index contributed by atoms with van der Waals surface area (Å²) in [5, 5.41) is 0. The van der Waals surface area contributed by atoms with Gasteiger partial charge in [-0.05, 0) is 35.7 Å². The Morgan fingerprint density at radius 2 is 1.84 bits per heavy atom. The van der Waals surface area contributed by atoms with Gasteiger partial charge in [-0.3, -0.25) is 14.5 Å². The molecule has 1 aliphatic rings. The molecule has 1 aliphatic heterocycles. The molecule has 7 heteroatoms. The van der Waals surface area contributed by atoms with Gasteiger partial charge in [-0.15, -0.1) is 0 Å². The molecule has 0 radical (unpaired) electrons. The maximum atomic E-state index is 12.6. The van der Waals surface area contributed by atoms with E-state index in [1.165, 1.54) is 0 Å². The molecule has 0 aromatic heterocycles. The van der Waals surface area contributed by atoms with Crippen molar-refractivity contribution in [3.05, 3.63) is 59.7 Å². The summed E-state index contributed by atoms with van der Waals surface area (Å²) in [5.74, 6) is 0.737. The molecule has 0 saturated heterocycles. The Bertz CT molecular complexity index is 902. The fourth-order valence-corrected chi connectivity index (χ4v) is 4.00. The minimum absolute atomic E-state index is 0.00254. The van der Waals surface area contributed by atoms with E-state index in [0.29, 0.717) is 19.6 Å². The molecule has 0 unspecified atom stereocenters. The molecule has 3 rings (SSSR count). The number of methoxy groups -OCH3 is 1. The van der Waals surface area contributed by atoms with Crippen molar-refractivity contribution in [2.24, 2.45) is 5.73 Å². The number of rotatable bonds is 4. The molecule has 166 valence electrons. The fourth-order valence-electron chi connectivity index (χ4n) is 4.00. The number of anilines is 1. The summed E-state index contributed by atoms with van der Waals surface area (Å²) >= 11 is 0. The van der Waals surface area contributed by atoms with Crippen LogP contribution < -0.4 is 15.4 Å². The van der Waals surface area contributed by atoms with Gasteiger partial charge in [-0.2, -0.15) is 0 Å². The predicted octanol–water partition coefficient (Wildman–Crippen LogP) is 2.24. The first-order chi connectivity index (χ1) is 15.0. The molecule has 0 atom stereocenters. The lowest BCUT2D eigenvalue weighted by Crippen LogP contribution is -2.41. The van der Waals surface area contributed by atoms with E-state index in [2.05, 4.69) is 11.0 Å². The topological polar surface area (TPSA) is 79.1 Å². The second-order valence-corrected chi connectivity index (χ2v) is 7.80. The van der Waals surface area contributed by atoms with E-state index >= 15 is 0 Å². The second kappa shape index (κ2) is 10.9. The molecule has 2 amide bonds. The Balaban J connectivity index is 1.86. The zero-order valence-electron chi connectivity index (χ0n) is 18.4. The molecule has 7 nitrogen and oxygen atoms in total. The SMILES string of the molecule is COc1cccc(CN2CCCN(C(C)=O)c3ccccc3CN(C(=O)CN)CC2)c1. The van der Waals surface area contributed by atoms with Crippen LogP contribution in [0.15, 0.2) is 48.5 Å². The van der Waals surface area contributed by atoms with Gasteiger partial charge in [-0.25, -0.2) is 0 Å². The van der Waals surface area contributed by atoms with Crippen molar-refractivity contribution in [2.75, 3.05) is 44.7 Å². The van der Waals surface area contributed by atoms with Crippen LogP contribution in [0, 0.1) is 0 Å². The van der Waals surface area contributed by atoms with Crippen molar-refractivity contribution >= 4 is 17.5 Å². The van der Waals surface area contributed by atoms with Gasteiger partial charge in [0, 0.05) is 51.9 Å². The van der Waals surface area contributed by atoms with Crippen molar-refractivity contribution in [3.8, 4) is 5.75 Å². The number of carbonyl (C=O) groups excluding carboxylic acids is 2. The van der Waals surface area contributed by atoms with Crippen molar-refractivity contribution in [1.29, 1.82) is 0 Å². The zero-order chi connectivity index (χ0) is 22.2. The molecular weight excluding hydrogens is 392 g/mol. The molecule has 31 heavy (non-hydrogen) atoms. The molecule has 0 bridgehead atoms. The highest BCUT2D eigenvalue weighted by molar-refractivity contribution is 5.92. The monoisotopic (exact) mass is 424 g/mol. The lowest BCUT2D eigenvalue weighted by atomic mass is 10.1. The van der Waals surface area contributed by atoms with Crippen LogP contribution >= 0.6 is 0 Å². The third-order valence-electron chi connectivity index (χ3n) is 5.63. The summed E-state index contributed by atoms with van der Waals surface area (Å²) in [6.07, 6.45) is 0.836. The summed E-state index contributed by atoms with van der Waals surface area (Å²) in [4.78, 5) is 30.9. The van der Waals surface area contributed by atoms with Crippen LogP contribution in [0.5, 0.6) is 5.75 Å². The summed E-state index contributed by atoms with van der Waals surface area (Å²) < 4.78 is 5.35. The number of hydrogen-bond acceptors (Lipinski definition) is 5. The fraction of sp³-hybridized carbons (Fsp3) is 0.417. The van der Waals surface area contributed by atoms with Crippen LogP contribution in [0.3, 0.4) is 0 Å². The Morgan fingerprint density at radius 1 is 1.03 bits per heavy atom. The summed E-state index contributed by atoms with van der Waals surface area (Å²) in [5.41, 5.74) is 8.67. The van der Waals surface area contributed by atoms with Crippen LogP contribution in [-0.2, 0) is 22.7 Å². The summed E-state index contributed by atoms with van der Waals surface area (Å²) in [7, 11) is 1.66. The Hall–Kier alpha value is -2.90. The minimum Gasteiger partial charge on any atom is -0.497 e. The first-order valence-electron chi connectivity index (χ1n) is 10.7. The molecule has 0 saturated carbocycles. The zero-order valence-corrected chi connectivity index (χ0v) is 18.4. The maximum absolute atomic E-state index is 12.6. The van der Waals surface area contributed by atoms with Crippen molar-refractivity contribution in [2.45, 2.75) is 26.4 Å². The third-order valence-corrected chi connectivity index (χ3v) is 5.63. The van der Waals surface area contributed by atoms with Gasteiger partial charge in [-0.1, -0.05) is 30.3 Å². The van der Waals surface area contributed by atoms with Crippen LogP contribution in [-0.4, -0.2) is 61.4 Å². The predicted molar refractivity (Wildman–Crippen MR) is 122 cm³/mol. The van der Waals surface area contributed by atoms with Gasteiger partial charge in [0.15, 0.2) is 0 Å². The molecule has 0 fully saturated rings. The normalized spacial score (nSPS) is 15.7. The van der Waals surface area contributed by atoms with Gasteiger partial charge in [0.2, 0.25) is 11.8 Å². The summed E-state index contributed by atoms with van der Waals surface area (Å²) in [6.45, 7) is 5.48. The van der Waals surface area contributed by atoms with E-state index in [9.17, 15) is 9.59 Å². The number of ether oxygens (including phenoxy) is 1.